The molecule has 1 aromatic rings. The number of unbranched alkanes of at least 4 members (excludes halogenated alkanes) is 2. The Morgan fingerprint density at radius 3 is 2.73 bits per heavy atom. The van der Waals surface area contributed by atoms with Gasteiger partial charge in [0.25, 0.3) is 0 Å². The van der Waals surface area contributed by atoms with Crippen LogP contribution in [0.4, 0.5) is 0 Å². The SMILES string of the molecule is CCCCCc1ccccc1C=CCO. The molecule has 0 atom stereocenters. The van der Waals surface area contributed by atoms with Crippen LogP contribution < -0.4 is 0 Å². The van der Waals surface area contributed by atoms with Crippen LogP contribution >= 0.6 is 0 Å². The highest BCUT2D eigenvalue weighted by Gasteiger charge is 1.97. The van der Waals surface area contributed by atoms with Gasteiger partial charge in [-0.1, -0.05) is 56.2 Å². The molecule has 1 nitrogen and oxygen atoms in total. The zero-order valence-corrected chi connectivity index (χ0v) is 9.45. The topological polar surface area (TPSA) is 20.2 Å². The lowest BCUT2D eigenvalue weighted by Gasteiger charge is -2.05. The summed E-state index contributed by atoms with van der Waals surface area (Å²) in [7, 11) is 0. The number of benzene rings is 1. The van der Waals surface area contributed by atoms with E-state index in [0.717, 1.165) is 6.42 Å². The average molecular weight is 204 g/mol. The van der Waals surface area contributed by atoms with Crippen molar-refractivity contribution in [3.05, 3.63) is 41.5 Å². The summed E-state index contributed by atoms with van der Waals surface area (Å²) in [4.78, 5) is 0. The Balaban J connectivity index is 2.64. The normalized spacial score (nSPS) is 11.1. The van der Waals surface area contributed by atoms with Crippen molar-refractivity contribution in [1.82, 2.24) is 0 Å². The Bertz CT molecular complexity index is 302. The highest BCUT2D eigenvalue weighted by atomic mass is 16.2. The predicted octanol–water partition coefficient (Wildman–Crippen LogP) is 3.42. The lowest BCUT2D eigenvalue weighted by molar-refractivity contribution is 0.343. The number of aliphatic hydroxyl groups excluding tert-OH is 1. The summed E-state index contributed by atoms with van der Waals surface area (Å²) < 4.78 is 0. The first kappa shape index (κ1) is 12.0. The first-order chi connectivity index (χ1) is 7.38. The van der Waals surface area contributed by atoms with Gasteiger partial charge in [0.2, 0.25) is 0 Å². The van der Waals surface area contributed by atoms with Gasteiger partial charge in [-0.2, -0.15) is 0 Å². The highest BCUT2D eigenvalue weighted by molar-refractivity contribution is 5.53. The Hall–Kier alpha value is -1.08. The maximum Gasteiger partial charge on any atom is 0.0615 e. The third kappa shape index (κ3) is 4.30. The van der Waals surface area contributed by atoms with Crippen LogP contribution in [-0.4, -0.2) is 11.7 Å². The van der Waals surface area contributed by atoms with Crippen molar-refractivity contribution in [3.8, 4) is 0 Å². The van der Waals surface area contributed by atoms with E-state index in [0.29, 0.717) is 0 Å². The smallest absolute Gasteiger partial charge is 0.0615 e. The summed E-state index contributed by atoms with van der Waals surface area (Å²) in [6.07, 6.45) is 8.73. The molecule has 0 aliphatic carbocycles. The molecule has 0 radical (unpaired) electrons. The van der Waals surface area contributed by atoms with Gasteiger partial charge in [-0.25, -0.2) is 0 Å². The van der Waals surface area contributed by atoms with E-state index in [4.69, 9.17) is 5.11 Å². The monoisotopic (exact) mass is 204 g/mol. The van der Waals surface area contributed by atoms with Crippen LogP contribution in [0.1, 0.15) is 37.3 Å². The van der Waals surface area contributed by atoms with Crippen molar-refractivity contribution in [2.45, 2.75) is 32.6 Å². The van der Waals surface area contributed by atoms with E-state index < -0.39 is 0 Å². The molecule has 0 spiro atoms. The minimum Gasteiger partial charge on any atom is -0.392 e. The van der Waals surface area contributed by atoms with Crippen molar-refractivity contribution in [1.29, 1.82) is 0 Å². The fourth-order valence-electron chi connectivity index (χ4n) is 1.67. The lowest BCUT2D eigenvalue weighted by Crippen LogP contribution is -1.89. The van der Waals surface area contributed by atoms with E-state index in [1.807, 2.05) is 12.1 Å². The molecule has 1 rings (SSSR count). The van der Waals surface area contributed by atoms with Crippen LogP contribution in [0.25, 0.3) is 6.08 Å². The van der Waals surface area contributed by atoms with Gasteiger partial charge in [-0.15, -0.1) is 0 Å². The maximum absolute atomic E-state index is 8.75. The summed E-state index contributed by atoms with van der Waals surface area (Å²) in [5.41, 5.74) is 2.62. The van der Waals surface area contributed by atoms with E-state index in [1.54, 1.807) is 6.08 Å². The van der Waals surface area contributed by atoms with Crippen LogP contribution in [0.3, 0.4) is 0 Å². The fraction of sp³-hybridized carbons (Fsp3) is 0.429. The molecule has 15 heavy (non-hydrogen) atoms. The molecular weight excluding hydrogens is 184 g/mol. The van der Waals surface area contributed by atoms with Gasteiger partial charge < -0.3 is 5.11 Å². The van der Waals surface area contributed by atoms with Crippen LogP contribution in [0, 0.1) is 0 Å². The van der Waals surface area contributed by atoms with E-state index in [9.17, 15) is 0 Å². The quantitative estimate of drug-likeness (QED) is 0.704. The summed E-state index contributed by atoms with van der Waals surface area (Å²) in [6.45, 7) is 2.33. The molecule has 1 aromatic carbocycles. The van der Waals surface area contributed by atoms with Gasteiger partial charge in [-0.3, -0.25) is 0 Å². The summed E-state index contributed by atoms with van der Waals surface area (Å²) >= 11 is 0. The number of aliphatic hydroxyl groups is 1. The molecule has 0 aliphatic heterocycles. The van der Waals surface area contributed by atoms with Crippen molar-refractivity contribution < 1.29 is 5.11 Å². The first-order valence-corrected chi connectivity index (χ1v) is 5.73. The summed E-state index contributed by atoms with van der Waals surface area (Å²) in [5, 5.41) is 8.75. The van der Waals surface area contributed by atoms with Crippen molar-refractivity contribution in [2.75, 3.05) is 6.61 Å². The lowest BCUT2D eigenvalue weighted by atomic mass is 10.0. The van der Waals surface area contributed by atoms with Crippen LogP contribution in [0.5, 0.6) is 0 Å². The van der Waals surface area contributed by atoms with Crippen LogP contribution in [0.15, 0.2) is 30.3 Å². The Labute approximate surface area is 92.5 Å². The van der Waals surface area contributed by atoms with Gasteiger partial charge in [0.1, 0.15) is 0 Å². The van der Waals surface area contributed by atoms with Gasteiger partial charge in [0.15, 0.2) is 0 Å². The predicted molar refractivity (Wildman–Crippen MR) is 65.8 cm³/mol. The minimum absolute atomic E-state index is 0.114. The summed E-state index contributed by atoms with van der Waals surface area (Å²) in [5.74, 6) is 0. The Kier molecular flexibility index (Phi) is 5.79. The standard InChI is InChI=1S/C14H20O/c1-2-3-4-8-13-9-5-6-10-14(13)11-7-12-15/h5-7,9-11,15H,2-4,8,12H2,1H3. The second kappa shape index (κ2) is 7.24. The molecule has 0 saturated carbocycles. The second-order valence-corrected chi connectivity index (χ2v) is 3.74. The van der Waals surface area contributed by atoms with E-state index in [1.165, 1.54) is 30.4 Å². The van der Waals surface area contributed by atoms with Gasteiger partial charge in [0, 0.05) is 0 Å². The van der Waals surface area contributed by atoms with Crippen LogP contribution in [0.2, 0.25) is 0 Å². The third-order valence-corrected chi connectivity index (χ3v) is 2.51. The molecule has 0 unspecified atom stereocenters. The number of hydrogen-bond donors (Lipinski definition) is 1. The Morgan fingerprint density at radius 1 is 1.20 bits per heavy atom. The molecule has 0 bridgehead atoms. The molecule has 82 valence electrons. The van der Waals surface area contributed by atoms with E-state index >= 15 is 0 Å². The molecule has 0 aromatic heterocycles. The Morgan fingerprint density at radius 2 is 2.00 bits per heavy atom. The number of aryl methyl sites for hydroxylation is 1. The van der Waals surface area contributed by atoms with E-state index in [2.05, 4.69) is 25.1 Å². The van der Waals surface area contributed by atoms with Gasteiger partial charge in [0.05, 0.1) is 6.61 Å². The zero-order chi connectivity index (χ0) is 10.9. The molecule has 0 fully saturated rings. The second-order valence-electron chi connectivity index (χ2n) is 3.74. The average Bonchev–Trinajstić information content (AvgIpc) is 2.28. The molecule has 0 aliphatic rings. The van der Waals surface area contributed by atoms with Crippen molar-refractivity contribution in [2.24, 2.45) is 0 Å². The largest absolute Gasteiger partial charge is 0.392 e. The van der Waals surface area contributed by atoms with Gasteiger partial charge >= 0.3 is 0 Å². The minimum atomic E-state index is 0.114. The maximum atomic E-state index is 8.75. The number of rotatable bonds is 6. The molecule has 1 N–H and O–H groups in total. The van der Waals surface area contributed by atoms with Crippen LogP contribution in [-0.2, 0) is 6.42 Å². The summed E-state index contributed by atoms with van der Waals surface area (Å²) in [6, 6.07) is 8.40. The molecule has 1 heteroatoms. The van der Waals surface area contributed by atoms with Gasteiger partial charge in [-0.05, 0) is 24.0 Å². The highest BCUT2D eigenvalue weighted by Crippen LogP contribution is 2.14. The first-order valence-electron chi connectivity index (χ1n) is 5.73. The number of hydrogen-bond acceptors (Lipinski definition) is 1. The van der Waals surface area contributed by atoms with Crippen molar-refractivity contribution >= 4 is 6.08 Å². The molecule has 0 saturated heterocycles. The third-order valence-electron chi connectivity index (χ3n) is 2.51. The molecular formula is C14H20O. The zero-order valence-electron chi connectivity index (χ0n) is 9.45. The molecule has 0 amide bonds. The van der Waals surface area contributed by atoms with Crippen molar-refractivity contribution in [3.63, 3.8) is 0 Å². The molecule has 0 heterocycles. The fourth-order valence-corrected chi connectivity index (χ4v) is 1.67. The van der Waals surface area contributed by atoms with E-state index in [-0.39, 0.29) is 6.61 Å².